The highest BCUT2D eigenvalue weighted by atomic mass is 16.6. The smallest absolute Gasteiger partial charge is 0.270 e. The molecule has 21 heavy (non-hydrogen) atoms. The van der Waals surface area contributed by atoms with Gasteiger partial charge in [-0.3, -0.25) is 10.1 Å². The van der Waals surface area contributed by atoms with Gasteiger partial charge in [0, 0.05) is 12.1 Å². The lowest BCUT2D eigenvalue weighted by Gasteiger charge is -2.10. The lowest BCUT2D eigenvalue weighted by molar-refractivity contribution is -0.384. The lowest BCUT2D eigenvalue weighted by atomic mass is 10.1. The largest absolute Gasteiger partial charge is 0.488 e. The third-order valence-electron chi connectivity index (χ3n) is 2.79. The van der Waals surface area contributed by atoms with Crippen molar-refractivity contribution in [3.8, 4) is 5.75 Å². The molecule has 7 nitrogen and oxygen atoms in total. The van der Waals surface area contributed by atoms with Gasteiger partial charge in [-0.25, -0.2) is 0 Å². The standard InChI is InChI=1S/C14H13N3O4/c15-14(16-18)12-8-11(17(19)20)6-7-13(12)21-9-10-4-2-1-3-5-10/h1-8,18H,9H2,(H2,15,16). The zero-order valence-corrected chi connectivity index (χ0v) is 11.0. The number of rotatable bonds is 5. The third kappa shape index (κ3) is 3.47. The Morgan fingerprint density at radius 3 is 2.62 bits per heavy atom. The predicted molar refractivity (Wildman–Crippen MR) is 76.4 cm³/mol. The number of nitro groups is 1. The first-order valence-electron chi connectivity index (χ1n) is 6.05. The molecule has 0 fully saturated rings. The van der Waals surface area contributed by atoms with Crippen molar-refractivity contribution in [2.24, 2.45) is 10.9 Å². The summed E-state index contributed by atoms with van der Waals surface area (Å²) in [6, 6.07) is 13.3. The van der Waals surface area contributed by atoms with Crippen molar-refractivity contribution in [3.05, 3.63) is 69.8 Å². The highest BCUT2D eigenvalue weighted by Gasteiger charge is 2.15. The molecule has 0 radical (unpaired) electrons. The first kappa shape index (κ1) is 14.3. The Labute approximate surface area is 120 Å². The predicted octanol–water partition coefficient (Wildman–Crippen LogP) is 2.27. The van der Waals surface area contributed by atoms with Crippen LogP contribution in [0.15, 0.2) is 53.7 Å². The topological polar surface area (TPSA) is 111 Å². The zero-order valence-electron chi connectivity index (χ0n) is 11.0. The molecular weight excluding hydrogens is 274 g/mol. The van der Waals surface area contributed by atoms with Crippen molar-refractivity contribution in [2.75, 3.05) is 0 Å². The Hall–Kier alpha value is -3.09. The van der Waals surface area contributed by atoms with Crippen LogP contribution in [-0.4, -0.2) is 16.0 Å². The second kappa shape index (κ2) is 6.38. The third-order valence-corrected chi connectivity index (χ3v) is 2.79. The van der Waals surface area contributed by atoms with Crippen LogP contribution in [0.3, 0.4) is 0 Å². The summed E-state index contributed by atoms with van der Waals surface area (Å²) in [4.78, 5) is 10.2. The van der Waals surface area contributed by atoms with Crippen molar-refractivity contribution >= 4 is 11.5 Å². The monoisotopic (exact) mass is 287 g/mol. The summed E-state index contributed by atoms with van der Waals surface area (Å²) < 4.78 is 5.59. The first-order chi connectivity index (χ1) is 10.1. The van der Waals surface area contributed by atoms with Crippen LogP contribution in [0.1, 0.15) is 11.1 Å². The highest BCUT2D eigenvalue weighted by molar-refractivity contribution is 6.00. The fraction of sp³-hybridized carbons (Fsp3) is 0.0714. The fourth-order valence-corrected chi connectivity index (χ4v) is 1.75. The number of benzene rings is 2. The average molecular weight is 287 g/mol. The summed E-state index contributed by atoms with van der Waals surface area (Å²) in [5.74, 6) is 0.0570. The van der Waals surface area contributed by atoms with Gasteiger partial charge in [-0.2, -0.15) is 0 Å². The lowest BCUT2D eigenvalue weighted by Crippen LogP contribution is -2.15. The minimum absolute atomic E-state index is 0.163. The van der Waals surface area contributed by atoms with Gasteiger partial charge in [0.15, 0.2) is 5.84 Å². The van der Waals surface area contributed by atoms with Crippen LogP contribution in [0.4, 0.5) is 5.69 Å². The van der Waals surface area contributed by atoms with Gasteiger partial charge in [0.2, 0.25) is 0 Å². The molecule has 3 N–H and O–H groups in total. The summed E-state index contributed by atoms with van der Waals surface area (Å²) in [5.41, 5.74) is 6.47. The van der Waals surface area contributed by atoms with Gasteiger partial charge >= 0.3 is 0 Å². The van der Waals surface area contributed by atoms with E-state index in [1.54, 1.807) is 0 Å². The van der Waals surface area contributed by atoms with E-state index >= 15 is 0 Å². The van der Waals surface area contributed by atoms with E-state index in [-0.39, 0.29) is 23.7 Å². The molecule has 0 unspecified atom stereocenters. The summed E-state index contributed by atoms with van der Waals surface area (Å²) in [5, 5.41) is 22.4. The second-order valence-electron chi connectivity index (χ2n) is 4.20. The molecule has 2 rings (SSSR count). The molecule has 0 bridgehead atoms. The summed E-state index contributed by atoms with van der Waals surface area (Å²) in [6.45, 7) is 0.268. The van der Waals surface area contributed by atoms with Gasteiger partial charge in [0.25, 0.3) is 5.69 Å². The maximum Gasteiger partial charge on any atom is 0.270 e. The molecule has 7 heteroatoms. The normalized spacial score (nSPS) is 11.1. The van der Waals surface area contributed by atoms with Crippen LogP contribution >= 0.6 is 0 Å². The summed E-state index contributed by atoms with van der Waals surface area (Å²) in [6.07, 6.45) is 0. The first-order valence-corrected chi connectivity index (χ1v) is 6.05. The summed E-state index contributed by atoms with van der Waals surface area (Å²) in [7, 11) is 0. The second-order valence-corrected chi connectivity index (χ2v) is 4.20. The van der Waals surface area contributed by atoms with Gasteiger partial charge < -0.3 is 15.7 Å². The number of nitrogens with zero attached hydrogens (tertiary/aromatic N) is 2. The SMILES string of the molecule is NC(=NO)c1cc([N+](=O)[O-])ccc1OCc1ccccc1. The maximum atomic E-state index is 10.8. The van der Waals surface area contributed by atoms with Crippen LogP contribution in [0, 0.1) is 10.1 Å². The quantitative estimate of drug-likeness (QED) is 0.288. The van der Waals surface area contributed by atoms with Gasteiger partial charge in [-0.15, -0.1) is 0 Å². The van der Waals surface area contributed by atoms with Crippen LogP contribution in [0.25, 0.3) is 0 Å². The Bertz CT molecular complexity index is 671. The minimum atomic E-state index is -0.560. The number of amidine groups is 1. The van der Waals surface area contributed by atoms with Gasteiger partial charge in [0.1, 0.15) is 12.4 Å². The molecule has 0 aliphatic heterocycles. The molecule has 0 saturated carbocycles. The molecule has 0 heterocycles. The van der Waals surface area contributed by atoms with Crippen molar-refractivity contribution < 1.29 is 14.9 Å². The average Bonchev–Trinajstić information content (AvgIpc) is 2.52. The summed E-state index contributed by atoms with van der Waals surface area (Å²) >= 11 is 0. The number of oxime groups is 1. The van der Waals surface area contributed by atoms with E-state index in [1.807, 2.05) is 30.3 Å². The fourth-order valence-electron chi connectivity index (χ4n) is 1.75. The zero-order chi connectivity index (χ0) is 15.2. The van der Waals surface area contributed by atoms with Crippen LogP contribution < -0.4 is 10.5 Å². The molecule has 0 aliphatic carbocycles. The number of nitrogens with two attached hydrogens (primary N) is 1. The molecule has 0 spiro atoms. The van der Waals surface area contributed by atoms with E-state index in [1.165, 1.54) is 18.2 Å². The van der Waals surface area contributed by atoms with E-state index in [4.69, 9.17) is 15.7 Å². The molecule has 0 aliphatic rings. The Balaban J connectivity index is 2.28. The van der Waals surface area contributed by atoms with Crippen molar-refractivity contribution in [2.45, 2.75) is 6.61 Å². The molecule has 0 aromatic heterocycles. The minimum Gasteiger partial charge on any atom is -0.488 e. The van der Waals surface area contributed by atoms with Gasteiger partial charge in [-0.05, 0) is 11.6 Å². The van der Waals surface area contributed by atoms with Crippen molar-refractivity contribution in [1.29, 1.82) is 0 Å². The van der Waals surface area contributed by atoms with Gasteiger partial charge in [-0.1, -0.05) is 35.5 Å². The molecule has 0 saturated heterocycles. The number of nitro benzene ring substituents is 1. The number of non-ortho nitro benzene ring substituents is 1. The highest BCUT2D eigenvalue weighted by Crippen LogP contribution is 2.25. The van der Waals surface area contributed by atoms with E-state index in [2.05, 4.69) is 5.16 Å². The van der Waals surface area contributed by atoms with E-state index in [9.17, 15) is 10.1 Å². The van der Waals surface area contributed by atoms with Crippen molar-refractivity contribution in [3.63, 3.8) is 0 Å². The number of hydrogen-bond donors (Lipinski definition) is 2. The van der Waals surface area contributed by atoms with Crippen LogP contribution in [0.5, 0.6) is 5.75 Å². The molecule has 2 aromatic carbocycles. The Kier molecular flexibility index (Phi) is 4.35. The van der Waals surface area contributed by atoms with Gasteiger partial charge in [0.05, 0.1) is 10.5 Å². The Morgan fingerprint density at radius 1 is 1.29 bits per heavy atom. The van der Waals surface area contributed by atoms with Crippen molar-refractivity contribution in [1.82, 2.24) is 0 Å². The molecule has 2 aromatic rings. The number of ether oxygens (including phenoxy) is 1. The molecule has 0 amide bonds. The van der Waals surface area contributed by atoms with E-state index in [0.29, 0.717) is 5.75 Å². The van der Waals surface area contributed by atoms with E-state index in [0.717, 1.165) is 5.56 Å². The molecule has 0 atom stereocenters. The van der Waals surface area contributed by atoms with E-state index < -0.39 is 4.92 Å². The van der Waals surface area contributed by atoms with Crippen LogP contribution in [-0.2, 0) is 6.61 Å². The van der Waals surface area contributed by atoms with Crippen LogP contribution in [0.2, 0.25) is 0 Å². The molecule has 108 valence electrons. The molecular formula is C14H13N3O4. The number of hydrogen-bond acceptors (Lipinski definition) is 5. The Morgan fingerprint density at radius 2 is 2.00 bits per heavy atom. The maximum absolute atomic E-state index is 10.8.